The number of benzene rings is 1. The third-order valence-corrected chi connectivity index (χ3v) is 5.09. The number of rotatable bonds is 7. The van der Waals surface area contributed by atoms with Crippen LogP contribution in [0.15, 0.2) is 24.3 Å². The number of quaternary nitrogens is 1. The number of hydrogen-bond acceptors (Lipinski definition) is 3. The van der Waals surface area contributed by atoms with E-state index in [9.17, 15) is 14.4 Å². The van der Waals surface area contributed by atoms with Crippen molar-refractivity contribution < 1.29 is 19.3 Å². The molecule has 27 heavy (non-hydrogen) atoms. The number of hydrogen-bond donors (Lipinski definition) is 3. The summed E-state index contributed by atoms with van der Waals surface area (Å²) in [4.78, 5) is 40.7. The van der Waals surface area contributed by atoms with E-state index in [0.717, 1.165) is 4.90 Å². The molecule has 0 saturated heterocycles. The highest BCUT2D eigenvalue weighted by atomic mass is 35.5. The molecule has 1 heterocycles. The molecule has 2 atom stereocenters. The molecule has 7 heteroatoms. The second-order valence-corrected chi connectivity index (χ2v) is 7.23. The van der Waals surface area contributed by atoms with E-state index in [1.165, 1.54) is 6.92 Å². The van der Waals surface area contributed by atoms with Gasteiger partial charge in [-0.15, -0.1) is 0 Å². The monoisotopic (exact) mass is 390 g/mol. The largest absolute Gasteiger partial charge is 0.355 e. The van der Waals surface area contributed by atoms with E-state index in [4.69, 9.17) is 11.6 Å². The van der Waals surface area contributed by atoms with Crippen molar-refractivity contribution in [3.8, 4) is 0 Å². The number of carbonyl (C=O) groups excluding carboxylic acids is 3. The van der Waals surface area contributed by atoms with E-state index in [-0.39, 0.29) is 24.0 Å². The summed E-state index contributed by atoms with van der Waals surface area (Å²) >= 11 is 6.05. The zero-order valence-corrected chi connectivity index (χ0v) is 17.0. The van der Waals surface area contributed by atoms with Crippen molar-refractivity contribution in [2.75, 3.05) is 18.9 Å². The van der Waals surface area contributed by atoms with E-state index in [0.29, 0.717) is 33.2 Å². The van der Waals surface area contributed by atoms with Gasteiger partial charge in [0.05, 0.1) is 23.5 Å². The summed E-state index contributed by atoms with van der Waals surface area (Å²) in [6, 6.07) is 6.53. The van der Waals surface area contributed by atoms with Crippen LogP contribution in [0.4, 0.5) is 5.69 Å². The van der Waals surface area contributed by atoms with Crippen molar-refractivity contribution in [2.45, 2.75) is 33.7 Å². The summed E-state index contributed by atoms with van der Waals surface area (Å²) in [6.07, 6.45) is 0. The molecule has 1 aromatic carbocycles. The lowest BCUT2D eigenvalue weighted by molar-refractivity contribution is -0.885. The number of likely N-dealkylation sites (N-methyl/N-ethyl adjacent to an activating group) is 1. The lowest BCUT2D eigenvalue weighted by atomic mass is 10.0. The fourth-order valence-electron chi connectivity index (χ4n) is 3.13. The van der Waals surface area contributed by atoms with Gasteiger partial charge < -0.3 is 15.2 Å². The zero-order chi connectivity index (χ0) is 20.3. The third-order valence-electron chi connectivity index (χ3n) is 4.76. The Morgan fingerprint density at radius 1 is 1.22 bits per heavy atom. The highest BCUT2D eigenvalue weighted by molar-refractivity contribution is 6.33. The fraction of sp³-hybridized carbons (Fsp3) is 0.350. The summed E-state index contributed by atoms with van der Waals surface area (Å²) in [7, 11) is 1.78. The molecule has 0 aliphatic heterocycles. The molecular formula is C20H25ClN3O3+. The van der Waals surface area contributed by atoms with E-state index < -0.39 is 6.04 Å². The molecule has 6 nitrogen and oxygen atoms in total. The van der Waals surface area contributed by atoms with Crippen LogP contribution >= 0.6 is 11.6 Å². The SMILES string of the molecule is CC(=O)c1c(C)[nH]c(C(=O)[C@H](C)[NH+](C)CC(=O)Nc2ccccc2Cl)c1C. The van der Waals surface area contributed by atoms with Crippen LogP contribution in [0.1, 0.15) is 46.0 Å². The number of Topliss-reactive ketones (excluding diaryl/α,β-unsaturated/α-hetero) is 2. The van der Waals surface area contributed by atoms with Crippen molar-refractivity contribution in [1.82, 2.24) is 4.98 Å². The van der Waals surface area contributed by atoms with Crippen molar-refractivity contribution in [1.29, 1.82) is 0 Å². The Hall–Kier alpha value is -2.44. The first kappa shape index (κ1) is 20.9. The number of H-pyrrole nitrogens is 1. The molecular weight excluding hydrogens is 366 g/mol. The van der Waals surface area contributed by atoms with E-state index in [1.54, 1.807) is 52.1 Å². The van der Waals surface area contributed by atoms with Gasteiger partial charge in [0.25, 0.3) is 5.91 Å². The van der Waals surface area contributed by atoms with Crippen molar-refractivity contribution >= 4 is 34.8 Å². The molecule has 0 fully saturated rings. The molecule has 0 aliphatic rings. The maximum atomic E-state index is 12.9. The first-order valence-electron chi connectivity index (χ1n) is 8.74. The minimum Gasteiger partial charge on any atom is -0.355 e. The first-order chi connectivity index (χ1) is 12.6. The zero-order valence-electron chi connectivity index (χ0n) is 16.2. The van der Waals surface area contributed by atoms with Gasteiger partial charge in [-0.3, -0.25) is 14.4 Å². The lowest BCUT2D eigenvalue weighted by Gasteiger charge is -2.20. The number of nitrogens with one attached hydrogen (secondary N) is 3. The molecule has 0 saturated carbocycles. The average molecular weight is 391 g/mol. The highest BCUT2D eigenvalue weighted by Gasteiger charge is 2.29. The standard InChI is InChI=1S/C20H24ClN3O3/c1-11-18(14(4)25)12(2)22-19(11)20(27)13(3)24(5)10-17(26)23-16-9-7-6-8-15(16)21/h6-9,13,22H,10H2,1-5H3,(H,23,26)/p+1/t13-/m0/s1. The Bertz CT molecular complexity index is 889. The van der Waals surface area contributed by atoms with E-state index in [2.05, 4.69) is 10.3 Å². The van der Waals surface area contributed by atoms with Gasteiger partial charge in [0.15, 0.2) is 18.4 Å². The van der Waals surface area contributed by atoms with Crippen LogP contribution in [0, 0.1) is 13.8 Å². The van der Waals surface area contributed by atoms with Crippen LogP contribution in [0.2, 0.25) is 5.02 Å². The van der Waals surface area contributed by atoms with Crippen LogP contribution in [-0.4, -0.2) is 42.1 Å². The predicted octanol–water partition coefficient (Wildman–Crippen LogP) is 2.21. The van der Waals surface area contributed by atoms with Gasteiger partial charge in [0, 0.05) is 11.3 Å². The lowest BCUT2D eigenvalue weighted by Crippen LogP contribution is -3.14. The summed E-state index contributed by atoms with van der Waals surface area (Å²) in [5.41, 5.74) is 2.86. The number of aromatic amines is 1. The van der Waals surface area contributed by atoms with Gasteiger partial charge >= 0.3 is 0 Å². The fourth-order valence-corrected chi connectivity index (χ4v) is 3.31. The molecule has 0 bridgehead atoms. The van der Waals surface area contributed by atoms with Gasteiger partial charge in [-0.1, -0.05) is 23.7 Å². The number of carbonyl (C=O) groups is 3. The van der Waals surface area contributed by atoms with Crippen LogP contribution in [0.5, 0.6) is 0 Å². The van der Waals surface area contributed by atoms with Crippen LogP contribution in [-0.2, 0) is 4.79 Å². The Labute approximate surface area is 163 Å². The van der Waals surface area contributed by atoms with Crippen molar-refractivity contribution in [2.24, 2.45) is 0 Å². The number of aryl methyl sites for hydroxylation is 1. The van der Waals surface area contributed by atoms with Crippen molar-refractivity contribution in [3.05, 3.63) is 51.8 Å². The third kappa shape index (κ3) is 4.64. The number of amides is 1. The van der Waals surface area contributed by atoms with Crippen LogP contribution in [0.25, 0.3) is 0 Å². The molecule has 2 aromatic rings. The predicted molar refractivity (Wildman–Crippen MR) is 106 cm³/mol. The number of halogens is 1. The number of ketones is 2. The van der Waals surface area contributed by atoms with E-state index in [1.807, 2.05) is 0 Å². The van der Waals surface area contributed by atoms with Crippen LogP contribution in [0.3, 0.4) is 0 Å². The Morgan fingerprint density at radius 2 is 1.85 bits per heavy atom. The normalized spacial score (nSPS) is 13.1. The van der Waals surface area contributed by atoms with Gasteiger partial charge in [-0.05, 0) is 45.4 Å². The maximum absolute atomic E-state index is 12.9. The van der Waals surface area contributed by atoms with Gasteiger partial charge in [-0.25, -0.2) is 0 Å². The molecule has 0 radical (unpaired) electrons. The summed E-state index contributed by atoms with van der Waals surface area (Å²) < 4.78 is 0. The van der Waals surface area contributed by atoms with Gasteiger partial charge in [-0.2, -0.15) is 0 Å². The summed E-state index contributed by atoms with van der Waals surface area (Å²) in [6.45, 7) is 6.90. The quantitative estimate of drug-likeness (QED) is 0.634. The Balaban J connectivity index is 2.08. The van der Waals surface area contributed by atoms with Crippen LogP contribution < -0.4 is 10.2 Å². The molecule has 3 N–H and O–H groups in total. The maximum Gasteiger partial charge on any atom is 0.279 e. The molecule has 0 aliphatic carbocycles. The van der Waals surface area contributed by atoms with Crippen molar-refractivity contribution in [3.63, 3.8) is 0 Å². The first-order valence-corrected chi connectivity index (χ1v) is 9.12. The second-order valence-electron chi connectivity index (χ2n) is 6.82. The van der Waals surface area contributed by atoms with Gasteiger partial charge in [0.2, 0.25) is 5.78 Å². The summed E-state index contributed by atoms with van der Waals surface area (Å²) in [5, 5.41) is 3.22. The second kappa shape index (κ2) is 8.50. The smallest absolute Gasteiger partial charge is 0.279 e. The molecule has 1 unspecified atom stereocenters. The Kier molecular flexibility index (Phi) is 6.57. The number of aromatic nitrogens is 1. The topological polar surface area (TPSA) is 83.5 Å². The van der Waals surface area contributed by atoms with E-state index >= 15 is 0 Å². The Morgan fingerprint density at radius 3 is 2.41 bits per heavy atom. The summed E-state index contributed by atoms with van der Waals surface area (Å²) in [5.74, 6) is -0.442. The minimum atomic E-state index is -0.460. The molecule has 1 amide bonds. The number of anilines is 1. The molecule has 144 valence electrons. The number of para-hydroxylation sites is 1. The molecule has 2 rings (SSSR count). The average Bonchev–Trinajstić information content (AvgIpc) is 2.90. The highest BCUT2D eigenvalue weighted by Crippen LogP contribution is 2.20. The molecule has 0 spiro atoms. The molecule has 1 aromatic heterocycles. The van der Waals surface area contributed by atoms with Gasteiger partial charge in [0.1, 0.15) is 0 Å². The minimum absolute atomic E-state index is 0.0761.